The largest absolute Gasteiger partial charge is 0.497 e. The molecule has 3 aromatic rings. The Balaban J connectivity index is 1.40. The molecule has 1 saturated heterocycles. The van der Waals surface area contributed by atoms with Crippen LogP contribution in [0.2, 0.25) is 0 Å². The second-order valence-electron chi connectivity index (χ2n) is 6.96. The van der Waals surface area contributed by atoms with E-state index >= 15 is 0 Å². The van der Waals surface area contributed by atoms with Gasteiger partial charge in [0.25, 0.3) is 5.91 Å². The topological polar surface area (TPSA) is 59.9 Å². The van der Waals surface area contributed by atoms with Crippen molar-refractivity contribution in [2.24, 2.45) is 4.99 Å². The third kappa shape index (κ3) is 5.35. The van der Waals surface area contributed by atoms with Crippen LogP contribution in [0.25, 0.3) is 6.08 Å². The molecule has 1 fully saturated rings. The van der Waals surface area contributed by atoms with Crippen molar-refractivity contribution in [3.8, 4) is 11.5 Å². The zero-order valence-electron chi connectivity index (χ0n) is 17.3. The third-order valence-electron chi connectivity index (χ3n) is 4.79. The van der Waals surface area contributed by atoms with Crippen LogP contribution < -0.4 is 14.8 Å². The first-order valence-electron chi connectivity index (χ1n) is 9.82. The van der Waals surface area contributed by atoms with Gasteiger partial charge >= 0.3 is 0 Å². The first-order valence-corrected chi connectivity index (χ1v) is 10.6. The minimum absolute atomic E-state index is 0.155. The van der Waals surface area contributed by atoms with Crippen molar-refractivity contribution in [3.05, 3.63) is 94.4 Å². The number of benzene rings is 3. The molecule has 156 valence electrons. The number of aliphatic imine (C=N–C) groups is 1. The van der Waals surface area contributed by atoms with Crippen LogP contribution in [0, 0.1) is 6.92 Å². The van der Waals surface area contributed by atoms with E-state index in [2.05, 4.69) is 29.4 Å². The molecule has 5 nitrogen and oxygen atoms in total. The maximum absolute atomic E-state index is 12.3. The number of amides is 1. The van der Waals surface area contributed by atoms with Crippen LogP contribution in [0.1, 0.15) is 16.7 Å². The molecular weight excluding hydrogens is 408 g/mol. The molecule has 0 saturated carbocycles. The summed E-state index contributed by atoms with van der Waals surface area (Å²) in [5, 5.41) is 3.36. The number of nitrogens with zero attached hydrogens (tertiary/aromatic N) is 1. The number of rotatable bonds is 6. The van der Waals surface area contributed by atoms with Gasteiger partial charge < -0.3 is 14.8 Å². The Bertz CT molecular complexity index is 1140. The molecule has 1 amide bonds. The summed E-state index contributed by atoms with van der Waals surface area (Å²) >= 11 is 1.32. The van der Waals surface area contributed by atoms with Crippen LogP contribution in [0.4, 0.5) is 5.69 Å². The maximum atomic E-state index is 12.3. The molecule has 0 unspecified atom stereocenters. The van der Waals surface area contributed by atoms with Gasteiger partial charge in [0, 0.05) is 0 Å². The molecule has 1 heterocycles. The maximum Gasteiger partial charge on any atom is 0.264 e. The van der Waals surface area contributed by atoms with Gasteiger partial charge in [0.2, 0.25) is 0 Å². The first-order chi connectivity index (χ1) is 15.1. The SMILES string of the molecule is COc1ccc(N=C2NC(=O)/C(=C/c3ccc(OCc4ccccc4C)cc3)S2)cc1. The lowest BCUT2D eigenvalue weighted by Gasteiger charge is -2.08. The smallest absolute Gasteiger partial charge is 0.264 e. The van der Waals surface area contributed by atoms with E-state index in [1.807, 2.05) is 66.7 Å². The molecule has 31 heavy (non-hydrogen) atoms. The summed E-state index contributed by atoms with van der Waals surface area (Å²) in [6, 6.07) is 23.2. The van der Waals surface area contributed by atoms with Gasteiger partial charge in [0.1, 0.15) is 18.1 Å². The quantitative estimate of drug-likeness (QED) is 0.527. The molecule has 6 heteroatoms. The van der Waals surface area contributed by atoms with Crippen LogP contribution in [0.5, 0.6) is 11.5 Å². The molecule has 0 atom stereocenters. The number of nitrogens with one attached hydrogen (secondary N) is 1. The van der Waals surface area contributed by atoms with Crippen molar-refractivity contribution >= 4 is 34.6 Å². The van der Waals surface area contributed by atoms with E-state index in [1.165, 1.54) is 17.3 Å². The average Bonchev–Trinajstić information content (AvgIpc) is 3.13. The molecule has 1 aliphatic heterocycles. The molecule has 4 rings (SSSR count). The number of hydrogen-bond acceptors (Lipinski definition) is 5. The molecule has 0 aliphatic carbocycles. The number of hydrogen-bond donors (Lipinski definition) is 1. The number of carbonyl (C=O) groups is 1. The van der Waals surface area contributed by atoms with E-state index in [4.69, 9.17) is 9.47 Å². The van der Waals surface area contributed by atoms with E-state index in [0.717, 1.165) is 28.3 Å². The number of ether oxygens (including phenoxy) is 2. The Kier molecular flexibility index (Phi) is 6.38. The standard InChI is InChI=1S/C25H22N2O3S/c1-17-5-3-4-6-19(17)16-30-22-11-7-18(8-12-22)15-23-24(28)27-25(31-23)26-20-9-13-21(29-2)14-10-20/h3-15H,16H2,1-2H3,(H,26,27,28)/b23-15-. The van der Waals surface area contributed by atoms with Crippen molar-refractivity contribution in [2.75, 3.05) is 7.11 Å². The summed E-state index contributed by atoms with van der Waals surface area (Å²) in [7, 11) is 1.62. The second kappa shape index (κ2) is 9.53. The van der Waals surface area contributed by atoms with Gasteiger partial charge in [-0.3, -0.25) is 4.79 Å². The van der Waals surface area contributed by atoms with Crippen molar-refractivity contribution in [1.82, 2.24) is 5.32 Å². The normalized spacial score (nSPS) is 15.9. The number of aryl methyl sites for hydroxylation is 1. The molecule has 1 aliphatic rings. The molecule has 0 bridgehead atoms. The summed E-state index contributed by atoms with van der Waals surface area (Å²) in [4.78, 5) is 17.4. The Morgan fingerprint density at radius 2 is 1.68 bits per heavy atom. The number of amidine groups is 1. The van der Waals surface area contributed by atoms with Gasteiger partial charge in [0.05, 0.1) is 17.7 Å². The van der Waals surface area contributed by atoms with Gasteiger partial charge in [-0.15, -0.1) is 0 Å². The lowest BCUT2D eigenvalue weighted by molar-refractivity contribution is -0.115. The highest BCUT2D eigenvalue weighted by atomic mass is 32.2. The van der Waals surface area contributed by atoms with Gasteiger partial charge in [0.15, 0.2) is 5.17 Å². The summed E-state index contributed by atoms with van der Waals surface area (Å²) in [6.07, 6.45) is 1.85. The van der Waals surface area contributed by atoms with Crippen molar-refractivity contribution in [1.29, 1.82) is 0 Å². The Labute approximate surface area is 185 Å². The van der Waals surface area contributed by atoms with Gasteiger partial charge in [-0.1, -0.05) is 36.4 Å². The van der Waals surface area contributed by atoms with Gasteiger partial charge in [-0.25, -0.2) is 4.99 Å². The zero-order valence-corrected chi connectivity index (χ0v) is 18.1. The van der Waals surface area contributed by atoms with E-state index in [-0.39, 0.29) is 5.91 Å². The molecule has 0 radical (unpaired) electrons. The minimum atomic E-state index is -0.155. The zero-order chi connectivity index (χ0) is 21.6. The van der Waals surface area contributed by atoms with E-state index in [0.29, 0.717) is 16.7 Å². The molecule has 0 aromatic heterocycles. The van der Waals surface area contributed by atoms with Crippen LogP contribution in [-0.2, 0) is 11.4 Å². The van der Waals surface area contributed by atoms with Crippen LogP contribution >= 0.6 is 11.8 Å². The fraction of sp³-hybridized carbons (Fsp3) is 0.120. The fourth-order valence-corrected chi connectivity index (χ4v) is 3.84. The first kappa shape index (κ1) is 20.8. The highest BCUT2D eigenvalue weighted by Crippen LogP contribution is 2.29. The van der Waals surface area contributed by atoms with Gasteiger partial charge in [-0.2, -0.15) is 0 Å². The fourth-order valence-electron chi connectivity index (χ4n) is 3.00. The van der Waals surface area contributed by atoms with E-state index in [9.17, 15) is 4.79 Å². The van der Waals surface area contributed by atoms with Crippen molar-refractivity contribution < 1.29 is 14.3 Å². The summed E-state index contributed by atoms with van der Waals surface area (Å²) in [6.45, 7) is 2.60. The van der Waals surface area contributed by atoms with Crippen molar-refractivity contribution in [3.63, 3.8) is 0 Å². The highest BCUT2D eigenvalue weighted by Gasteiger charge is 2.23. The molecule has 0 spiro atoms. The number of methoxy groups -OCH3 is 1. The Hall–Kier alpha value is -3.51. The Morgan fingerprint density at radius 3 is 2.39 bits per heavy atom. The second-order valence-corrected chi connectivity index (χ2v) is 7.99. The predicted molar refractivity (Wildman–Crippen MR) is 126 cm³/mol. The summed E-state index contributed by atoms with van der Waals surface area (Å²) < 4.78 is 11.0. The molecular formula is C25H22N2O3S. The van der Waals surface area contributed by atoms with E-state index < -0.39 is 0 Å². The molecule has 3 aromatic carbocycles. The van der Waals surface area contributed by atoms with Crippen LogP contribution in [0.15, 0.2) is 82.7 Å². The van der Waals surface area contributed by atoms with Crippen molar-refractivity contribution in [2.45, 2.75) is 13.5 Å². The summed E-state index contributed by atoms with van der Waals surface area (Å²) in [5.74, 6) is 1.40. The van der Waals surface area contributed by atoms with Crippen LogP contribution in [-0.4, -0.2) is 18.2 Å². The lowest BCUT2D eigenvalue weighted by Crippen LogP contribution is -2.19. The third-order valence-corrected chi connectivity index (χ3v) is 5.70. The predicted octanol–water partition coefficient (Wildman–Crippen LogP) is 5.47. The lowest BCUT2D eigenvalue weighted by atomic mass is 10.1. The number of thioether (sulfide) groups is 1. The molecule has 1 N–H and O–H groups in total. The summed E-state index contributed by atoms with van der Waals surface area (Å²) in [5.41, 5.74) is 4.04. The van der Waals surface area contributed by atoms with Gasteiger partial charge in [-0.05, 0) is 77.9 Å². The minimum Gasteiger partial charge on any atom is -0.497 e. The number of carbonyl (C=O) groups excluding carboxylic acids is 1. The monoisotopic (exact) mass is 430 g/mol. The van der Waals surface area contributed by atoms with E-state index in [1.54, 1.807) is 7.11 Å². The average molecular weight is 431 g/mol. The highest BCUT2D eigenvalue weighted by molar-refractivity contribution is 8.18. The Morgan fingerprint density at radius 1 is 0.968 bits per heavy atom. The van der Waals surface area contributed by atoms with Crippen LogP contribution in [0.3, 0.4) is 0 Å².